The summed E-state index contributed by atoms with van der Waals surface area (Å²) in [7, 11) is -3.68. The van der Waals surface area contributed by atoms with E-state index in [1.54, 1.807) is 47.6 Å². The summed E-state index contributed by atoms with van der Waals surface area (Å²) in [5.41, 5.74) is 10.5. The van der Waals surface area contributed by atoms with Crippen molar-refractivity contribution in [3.05, 3.63) is 11.8 Å². The summed E-state index contributed by atoms with van der Waals surface area (Å²) in [6.07, 6.45) is 2.59. The first kappa shape index (κ1) is 28.8. The molecular formula is C21H37N4O7P. The molecule has 11 nitrogen and oxygen atoms in total. The Morgan fingerprint density at radius 2 is 1.39 bits per heavy atom. The fraction of sp³-hybridized carbons (Fsp3) is 0.714. The Balaban J connectivity index is 2.59. The molecule has 1 rings (SSSR count). The molecule has 188 valence electrons. The number of nitrogen functional groups attached to an aromatic ring is 2. The molecule has 1 aromatic heterocycles. The Morgan fingerprint density at radius 1 is 0.879 bits per heavy atom. The van der Waals surface area contributed by atoms with E-state index in [9.17, 15) is 14.2 Å². The number of esters is 2. The van der Waals surface area contributed by atoms with Crippen LogP contribution in [0, 0.1) is 10.8 Å². The molecule has 0 radical (unpaired) electrons. The van der Waals surface area contributed by atoms with Crippen LogP contribution in [0.3, 0.4) is 0 Å². The van der Waals surface area contributed by atoms with Crippen molar-refractivity contribution in [3.63, 3.8) is 0 Å². The van der Waals surface area contributed by atoms with Gasteiger partial charge in [-0.15, -0.1) is 0 Å². The Morgan fingerprint density at radius 3 is 1.85 bits per heavy atom. The van der Waals surface area contributed by atoms with Crippen LogP contribution in [0.4, 0.5) is 11.8 Å². The van der Waals surface area contributed by atoms with Gasteiger partial charge in [0.05, 0.1) is 17.0 Å². The first-order valence-electron chi connectivity index (χ1n) is 10.7. The van der Waals surface area contributed by atoms with E-state index in [0.717, 1.165) is 12.1 Å². The second kappa shape index (κ2) is 12.3. The molecule has 0 aliphatic carbocycles. The van der Waals surface area contributed by atoms with Gasteiger partial charge in [-0.3, -0.25) is 23.2 Å². The Labute approximate surface area is 195 Å². The molecule has 0 bridgehead atoms. The van der Waals surface area contributed by atoms with Gasteiger partial charge in [0.2, 0.25) is 19.5 Å². The van der Waals surface area contributed by atoms with Gasteiger partial charge in [0.25, 0.3) is 0 Å². The predicted molar refractivity (Wildman–Crippen MR) is 124 cm³/mol. The first-order valence-corrected chi connectivity index (χ1v) is 12.5. The first-order chi connectivity index (χ1) is 15.1. The monoisotopic (exact) mass is 488 g/mol. The van der Waals surface area contributed by atoms with Crippen LogP contribution in [0.2, 0.25) is 0 Å². The molecule has 0 saturated carbocycles. The molecule has 33 heavy (non-hydrogen) atoms. The Bertz CT molecular complexity index is 794. The van der Waals surface area contributed by atoms with Crippen LogP contribution in [0.25, 0.3) is 0 Å². The van der Waals surface area contributed by atoms with Crippen LogP contribution < -0.4 is 11.5 Å². The molecule has 0 aromatic carbocycles. The number of carbonyl (C=O) groups is 2. The van der Waals surface area contributed by atoms with Gasteiger partial charge in [-0.1, -0.05) is 6.42 Å². The lowest BCUT2D eigenvalue weighted by Gasteiger charge is -2.22. The number of unbranched alkanes of at least 4 members (excludes halogenated alkanes) is 2. The predicted octanol–water partition coefficient (Wildman–Crippen LogP) is 3.67. The van der Waals surface area contributed by atoms with Crippen LogP contribution in [-0.4, -0.2) is 41.7 Å². The molecule has 0 saturated heterocycles. The highest BCUT2D eigenvalue weighted by atomic mass is 31.2. The minimum atomic E-state index is -3.68. The van der Waals surface area contributed by atoms with Crippen LogP contribution in [0.1, 0.15) is 66.5 Å². The van der Waals surface area contributed by atoms with Crippen molar-refractivity contribution < 1.29 is 32.7 Å². The molecule has 0 amide bonds. The lowest BCUT2D eigenvalue weighted by atomic mass is 9.98. The number of hydrogen-bond donors (Lipinski definition) is 2. The van der Waals surface area contributed by atoms with Crippen molar-refractivity contribution in [1.82, 2.24) is 9.97 Å². The van der Waals surface area contributed by atoms with E-state index < -0.39 is 44.0 Å². The van der Waals surface area contributed by atoms with E-state index in [0.29, 0.717) is 25.1 Å². The van der Waals surface area contributed by atoms with Gasteiger partial charge >= 0.3 is 19.5 Å². The number of nitrogens with two attached hydrogens (primary N) is 2. The summed E-state index contributed by atoms with van der Waals surface area (Å²) in [6.45, 7) is 9.09. The molecular weight excluding hydrogens is 451 g/mol. The maximum atomic E-state index is 13.1. The number of aromatic nitrogens is 2. The highest BCUT2D eigenvalue weighted by Crippen LogP contribution is 2.49. The van der Waals surface area contributed by atoms with Crippen molar-refractivity contribution in [1.29, 1.82) is 0 Å². The van der Waals surface area contributed by atoms with E-state index >= 15 is 0 Å². The third-order valence-corrected chi connectivity index (χ3v) is 6.15. The maximum Gasteiger partial charge on any atom is 0.336 e. The molecule has 1 aromatic rings. The van der Waals surface area contributed by atoms with Gasteiger partial charge in [0, 0.05) is 11.8 Å². The van der Waals surface area contributed by atoms with Crippen LogP contribution in [-0.2, 0) is 39.1 Å². The number of carbonyl (C=O) groups excluding carboxylic acids is 2. The van der Waals surface area contributed by atoms with E-state index in [1.807, 2.05) is 0 Å². The normalized spacial score (nSPS) is 12.4. The van der Waals surface area contributed by atoms with E-state index in [2.05, 4.69) is 9.97 Å². The van der Waals surface area contributed by atoms with Crippen molar-refractivity contribution in [2.24, 2.45) is 10.8 Å². The zero-order valence-electron chi connectivity index (χ0n) is 20.4. The summed E-state index contributed by atoms with van der Waals surface area (Å²) in [5.74, 6) is -0.586. The van der Waals surface area contributed by atoms with Crippen LogP contribution in [0.15, 0.2) is 6.07 Å². The zero-order chi connectivity index (χ0) is 25.3. The van der Waals surface area contributed by atoms with Crippen molar-refractivity contribution in [3.8, 4) is 0 Å². The lowest BCUT2D eigenvalue weighted by molar-refractivity contribution is -0.162. The summed E-state index contributed by atoms with van der Waals surface area (Å²) in [6, 6.07) is 1.65. The van der Waals surface area contributed by atoms with Gasteiger partial charge in [-0.2, -0.15) is 4.98 Å². The molecule has 4 N–H and O–H groups in total. The number of anilines is 2. The molecule has 1 heterocycles. The quantitative estimate of drug-likeness (QED) is 0.191. The van der Waals surface area contributed by atoms with Gasteiger partial charge in [-0.05, 0) is 60.8 Å². The van der Waals surface area contributed by atoms with Crippen molar-refractivity contribution in [2.45, 2.75) is 67.2 Å². The summed E-state index contributed by atoms with van der Waals surface area (Å²) < 4.78 is 33.8. The number of ether oxygens (including phenoxy) is 2. The van der Waals surface area contributed by atoms with Gasteiger partial charge in [0.1, 0.15) is 5.82 Å². The largest absolute Gasteiger partial charge is 0.438 e. The molecule has 12 heteroatoms. The average Bonchev–Trinajstić information content (AvgIpc) is 2.65. The lowest BCUT2D eigenvalue weighted by Crippen LogP contribution is -2.25. The zero-order valence-corrected chi connectivity index (χ0v) is 21.3. The van der Waals surface area contributed by atoms with Crippen molar-refractivity contribution >= 4 is 31.3 Å². The third-order valence-electron chi connectivity index (χ3n) is 4.28. The molecule has 0 fully saturated rings. The fourth-order valence-corrected chi connectivity index (χ4v) is 3.75. The summed E-state index contributed by atoms with van der Waals surface area (Å²) in [4.78, 5) is 31.8. The molecule has 0 aliphatic heterocycles. The smallest absolute Gasteiger partial charge is 0.336 e. The van der Waals surface area contributed by atoms with Gasteiger partial charge < -0.3 is 20.9 Å². The Kier molecular flexibility index (Phi) is 10.7. The standard InChI is InChI=1S/C21H37N4O7P/c1-20(2,3)17(26)29-13-31-33(28,32-14-30-18(27)21(4,5)6)11-9-7-8-10-15-12-16(22)25-19(23)24-15/h12H,7-11,13-14H2,1-6H3,(H4,22,23,24,25). The van der Waals surface area contributed by atoms with E-state index in [1.165, 1.54) is 0 Å². The second-order valence-electron chi connectivity index (χ2n) is 9.65. The molecule has 0 spiro atoms. The second-order valence-corrected chi connectivity index (χ2v) is 11.8. The number of nitrogens with zero attached hydrogens (tertiary/aromatic N) is 2. The minimum Gasteiger partial charge on any atom is -0.438 e. The molecule has 0 aliphatic rings. The molecule has 0 atom stereocenters. The highest BCUT2D eigenvalue weighted by Gasteiger charge is 2.29. The van der Waals surface area contributed by atoms with Crippen LogP contribution in [0.5, 0.6) is 0 Å². The molecule has 0 unspecified atom stereocenters. The topological polar surface area (TPSA) is 166 Å². The number of rotatable bonds is 12. The fourth-order valence-electron chi connectivity index (χ4n) is 2.38. The SMILES string of the molecule is CC(C)(C)C(=O)OCOP(=O)(CCCCCc1cc(N)nc(N)n1)OCOC(=O)C(C)(C)C. The van der Waals surface area contributed by atoms with Crippen LogP contribution >= 0.6 is 7.60 Å². The van der Waals surface area contributed by atoms with E-state index in [-0.39, 0.29) is 12.1 Å². The highest BCUT2D eigenvalue weighted by molar-refractivity contribution is 7.53. The summed E-state index contributed by atoms with van der Waals surface area (Å²) >= 11 is 0. The average molecular weight is 489 g/mol. The summed E-state index contributed by atoms with van der Waals surface area (Å²) in [5, 5.41) is 0. The number of hydrogen-bond acceptors (Lipinski definition) is 11. The maximum absolute atomic E-state index is 13.1. The Hall–Kier alpha value is -2.23. The minimum absolute atomic E-state index is 0.0567. The van der Waals surface area contributed by atoms with E-state index in [4.69, 9.17) is 30.0 Å². The van der Waals surface area contributed by atoms with Crippen molar-refractivity contribution in [2.75, 3.05) is 31.2 Å². The number of aryl methyl sites for hydroxylation is 1. The third kappa shape index (κ3) is 11.5. The van der Waals surface area contributed by atoms with Gasteiger partial charge in [-0.25, -0.2) is 4.98 Å². The van der Waals surface area contributed by atoms with Gasteiger partial charge in [0.15, 0.2) is 0 Å².